The molecule has 1 aromatic carbocycles. The minimum absolute atomic E-state index is 0.0911. The summed E-state index contributed by atoms with van der Waals surface area (Å²) in [5.74, 6) is 1.67. The van der Waals surface area contributed by atoms with Crippen molar-refractivity contribution in [3.8, 4) is 22.8 Å². The number of morpholine rings is 1. The first-order valence-corrected chi connectivity index (χ1v) is 10.4. The van der Waals surface area contributed by atoms with Crippen LogP contribution in [0.15, 0.2) is 48.8 Å². The third-order valence-electron chi connectivity index (χ3n) is 5.07. The number of ether oxygens (including phenoxy) is 3. The van der Waals surface area contributed by atoms with Crippen molar-refractivity contribution in [2.75, 3.05) is 37.0 Å². The molecule has 0 unspecified atom stereocenters. The molecule has 8 nitrogen and oxygen atoms in total. The topological polar surface area (TPSA) is 81.6 Å². The summed E-state index contributed by atoms with van der Waals surface area (Å²) in [6.07, 6.45) is 3.34. The van der Waals surface area contributed by atoms with E-state index >= 15 is 0 Å². The van der Waals surface area contributed by atoms with E-state index in [0.29, 0.717) is 43.0 Å². The van der Waals surface area contributed by atoms with Crippen molar-refractivity contribution in [3.63, 3.8) is 0 Å². The molecule has 174 valence electrons. The summed E-state index contributed by atoms with van der Waals surface area (Å²) in [6.45, 7) is 3.20. The van der Waals surface area contributed by atoms with E-state index in [2.05, 4.69) is 29.9 Å². The van der Waals surface area contributed by atoms with Crippen LogP contribution in [0.4, 0.5) is 26.2 Å². The Morgan fingerprint density at radius 2 is 1.91 bits per heavy atom. The quantitative estimate of drug-likeness (QED) is 0.555. The van der Waals surface area contributed by atoms with Crippen LogP contribution < -0.4 is 19.7 Å². The predicted molar refractivity (Wildman–Crippen MR) is 120 cm³/mol. The molecule has 1 fully saturated rings. The lowest BCUT2D eigenvalue weighted by Crippen LogP contribution is -2.49. The molecule has 3 heterocycles. The van der Waals surface area contributed by atoms with Crippen LogP contribution in [-0.4, -0.2) is 54.0 Å². The number of methoxy groups -OCH3 is 1. The lowest BCUT2D eigenvalue weighted by atomic mass is 10.1. The largest absolute Gasteiger partial charge is 0.480 e. The van der Waals surface area contributed by atoms with E-state index in [1.165, 1.54) is 19.2 Å². The fourth-order valence-electron chi connectivity index (χ4n) is 3.59. The average molecular weight is 457 g/mol. The molecular formula is C23H25F2N5O3. The minimum Gasteiger partial charge on any atom is -0.480 e. The molecule has 0 radical (unpaired) electrons. The van der Waals surface area contributed by atoms with Gasteiger partial charge in [0.15, 0.2) is 0 Å². The van der Waals surface area contributed by atoms with Crippen LogP contribution in [0.25, 0.3) is 11.1 Å². The van der Waals surface area contributed by atoms with Gasteiger partial charge in [-0.3, -0.25) is 0 Å². The molecule has 1 aliphatic rings. The van der Waals surface area contributed by atoms with Gasteiger partial charge < -0.3 is 24.4 Å². The van der Waals surface area contributed by atoms with Crippen molar-refractivity contribution in [2.24, 2.45) is 0 Å². The van der Waals surface area contributed by atoms with Gasteiger partial charge in [0.1, 0.15) is 17.3 Å². The zero-order valence-electron chi connectivity index (χ0n) is 18.6. The lowest BCUT2D eigenvalue weighted by Gasteiger charge is -2.38. The number of benzene rings is 1. The molecule has 0 amide bonds. The number of nitrogens with one attached hydrogen (secondary N) is 1. The summed E-state index contributed by atoms with van der Waals surface area (Å²) in [7, 11) is 1.53. The van der Waals surface area contributed by atoms with Crippen LogP contribution >= 0.6 is 0 Å². The zero-order valence-corrected chi connectivity index (χ0v) is 18.6. The normalized spacial score (nSPS) is 15.4. The van der Waals surface area contributed by atoms with E-state index in [9.17, 15) is 8.78 Å². The number of hydrogen-bond donors (Lipinski definition) is 1. The highest BCUT2D eigenvalue weighted by Gasteiger charge is 2.28. The van der Waals surface area contributed by atoms with Crippen LogP contribution in [0, 0.1) is 0 Å². The first-order valence-electron chi connectivity index (χ1n) is 10.4. The monoisotopic (exact) mass is 457 g/mol. The van der Waals surface area contributed by atoms with Gasteiger partial charge in [-0.25, -0.2) is 9.97 Å². The van der Waals surface area contributed by atoms with Crippen LogP contribution in [0.2, 0.25) is 0 Å². The van der Waals surface area contributed by atoms with Gasteiger partial charge in [-0.15, -0.1) is 0 Å². The number of pyridine rings is 1. The molecule has 33 heavy (non-hydrogen) atoms. The summed E-state index contributed by atoms with van der Waals surface area (Å²) in [5.41, 5.74) is 1.89. The first kappa shape index (κ1) is 22.7. The number of rotatable bonds is 7. The van der Waals surface area contributed by atoms with Crippen LogP contribution in [0.5, 0.6) is 11.6 Å². The van der Waals surface area contributed by atoms with E-state index in [4.69, 9.17) is 9.47 Å². The Hall–Kier alpha value is -3.53. The molecule has 1 aliphatic heterocycles. The SMILES string of the molecule is COc1ncc(-c2ccc(OC(F)F)cc2)cc1Nc1ccnc(N2CCOC(C)(C)C2)n1. The Morgan fingerprint density at radius 1 is 1.12 bits per heavy atom. The van der Waals surface area contributed by atoms with Crippen molar-refractivity contribution in [3.05, 3.63) is 48.8 Å². The van der Waals surface area contributed by atoms with E-state index in [1.54, 1.807) is 30.6 Å². The molecular weight excluding hydrogens is 432 g/mol. The van der Waals surface area contributed by atoms with Crippen molar-refractivity contribution in [1.29, 1.82) is 0 Å². The number of halogens is 2. The van der Waals surface area contributed by atoms with Crippen LogP contribution in [0.3, 0.4) is 0 Å². The van der Waals surface area contributed by atoms with Gasteiger partial charge >= 0.3 is 6.61 Å². The number of alkyl halides is 2. The lowest BCUT2D eigenvalue weighted by molar-refractivity contribution is -0.0498. The van der Waals surface area contributed by atoms with E-state index in [0.717, 1.165) is 11.1 Å². The maximum absolute atomic E-state index is 12.4. The summed E-state index contributed by atoms with van der Waals surface area (Å²) in [4.78, 5) is 15.5. The highest BCUT2D eigenvalue weighted by molar-refractivity contribution is 5.72. The minimum atomic E-state index is -2.87. The fourth-order valence-corrected chi connectivity index (χ4v) is 3.59. The Labute approximate surface area is 190 Å². The van der Waals surface area contributed by atoms with Gasteiger partial charge in [-0.05, 0) is 43.7 Å². The standard InChI is InChI=1S/C23H25F2N5O3/c1-23(2)14-30(10-11-32-23)22-26-9-8-19(29-22)28-18-12-16(13-27-20(18)31-3)15-4-6-17(7-5-15)33-21(24)25/h4-9,12-13,21H,10-11,14H2,1-3H3,(H,26,28,29). The van der Waals surface area contributed by atoms with Crippen molar-refractivity contribution in [1.82, 2.24) is 15.0 Å². The molecule has 4 rings (SSSR count). The third kappa shape index (κ3) is 5.64. The van der Waals surface area contributed by atoms with E-state index in [1.807, 2.05) is 19.9 Å². The summed E-state index contributed by atoms with van der Waals surface area (Å²) in [5, 5.41) is 3.25. The van der Waals surface area contributed by atoms with E-state index in [-0.39, 0.29) is 11.4 Å². The van der Waals surface area contributed by atoms with Gasteiger partial charge in [-0.2, -0.15) is 13.8 Å². The highest BCUT2D eigenvalue weighted by atomic mass is 19.3. The highest BCUT2D eigenvalue weighted by Crippen LogP contribution is 2.31. The molecule has 0 aliphatic carbocycles. The van der Waals surface area contributed by atoms with Crippen molar-refractivity contribution in [2.45, 2.75) is 26.1 Å². The molecule has 0 bridgehead atoms. The summed E-state index contributed by atoms with van der Waals surface area (Å²) in [6, 6.07) is 9.96. The average Bonchev–Trinajstić information content (AvgIpc) is 2.79. The Bertz CT molecular complexity index is 1100. The number of nitrogens with zero attached hydrogens (tertiary/aromatic N) is 4. The van der Waals surface area contributed by atoms with Gasteiger partial charge in [0, 0.05) is 31.0 Å². The molecule has 10 heteroatoms. The Kier molecular flexibility index (Phi) is 6.55. The van der Waals surface area contributed by atoms with Gasteiger partial charge in [0.2, 0.25) is 11.8 Å². The molecule has 3 aromatic rings. The number of hydrogen-bond acceptors (Lipinski definition) is 8. The molecule has 2 aromatic heterocycles. The Balaban J connectivity index is 1.57. The maximum Gasteiger partial charge on any atom is 0.387 e. The van der Waals surface area contributed by atoms with E-state index < -0.39 is 6.61 Å². The molecule has 0 saturated carbocycles. The van der Waals surface area contributed by atoms with Crippen molar-refractivity contribution < 1.29 is 23.0 Å². The van der Waals surface area contributed by atoms with Crippen LogP contribution in [-0.2, 0) is 4.74 Å². The zero-order chi connectivity index (χ0) is 23.4. The molecule has 1 N–H and O–H groups in total. The smallest absolute Gasteiger partial charge is 0.387 e. The summed E-state index contributed by atoms with van der Waals surface area (Å²) < 4.78 is 40.4. The van der Waals surface area contributed by atoms with Gasteiger partial charge in [-0.1, -0.05) is 12.1 Å². The van der Waals surface area contributed by atoms with Gasteiger partial charge in [0.25, 0.3) is 0 Å². The third-order valence-corrected chi connectivity index (χ3v) is 5.07. The molecule has 0 atom stereocenters. The Morgan fingerprint density at radius 3 is 2.61 bits per heavy atom. The second kappa shape index (κ2) is 9.53. The second-order valence-electron chi connectivity index (χ2n) is 8.08. The number of anilines is 3. The number of aromatic nitrogens is 3. The van der Waals surface area contributed by atoms with Crippen LogP contribution in [0.1, 0.15) is 13.8 Å². The van der Waals surface area contributed by atoms with Gasteiger partial charge in [0.05, 0.1) is 19.3 Å². The maximum atomic E-state index is 12.4. The first-order chi connectivity index (χ1) is 15.8. The second-order valence-corrected chi connectivity index (χ2v) is 8.08. The fraction of sp³-hybridized carbons (Fsp3) is 0.348. The molecule has 0 spiro atoms. The summed E-state index contributed by atoms with van der Waals surface area (Å²) >= 11 is 0. The van der Waals surface area contributed by atoms with Crippen molar-refractivity contribution >= 4 is 17.5 Å². The molecule has 1 saturated heterocycles. The predicted octanol–water partition coefficient (Wildman–Crippen LogP) is 4.51.